The molecule has 3 aromatic rings. The number of hydrogen-bond acceptors (Lipinski definition) is 4. The summed E-state index contributed by atoms with van der Waals surface area (Å²) in [7, 11) is 1.64. The minimum absolute atomic E-state index is 0.00960. The lowest BCUT2D eigenvalue weighted by Crippen LogP contribution is -2.40. The third-order valence-corrected chi connectivity index (χ3v) is 12.4. The number of carbonyl (C=O) groups excluding carboxylic acids is 2. The highest BCUT2D eigenvalue weighted by molar-refractivity contribution is 6.08. The molecule has 3 aromatic carbocycles. The molecule has 1 unspecified atom stereocenters. The summed E-state index contributed by atoms with van der Waals surface area (Å²) in [5.74, 6) is 0.253. The fourth-order valence-electron chi connectivity index (χ4n) is 9.70. The molecule has 7 rings (SSSR count). The molecule has 4 fully saturated rings. The van der Waals surface area contributed by atoms with Gasteiger partial charge in [-0.15, -0.1) is 0 Å². The van der Waals surface area contributed by atoms with Crippen molar-refractivity contribution in [3.8, 4) is 5.75 Å². The lowest BCUT2D eigenvalue weighted by molar-refractivity contribution is -0.162. The van der Waals surface area contributed by atoms with Crippen molar-refractivity contribution in [3.05, 3.63) is 72.3 Å². The van der Waals surface area contributed by atoms with E-state index in [0.29, 0.717) is 12.5 Å². The Morgan fingerprint density at radius 1 is 0.884 bits per heavy atom. The zero-order chi connectivity index (χ0) is 29.9. The maximum Gasteiger partial charge on any atom is 0.319 e. The second-order valence-corrected chi connectivity index (χ2v) is 14.4. The van der Waals surface area contributed by atoms with E-state index in [1.807, 2.05) is 29.2 Å². The average molecular weight is 580 g/mol. The smallest absolute Gasteiger partial charge is 0.319 e. The Morgan fingerprint density at radius 3 is 2.35 bits per heavy atom. The Labute approximate surface area is 255 Å². The highest BCUT2D eigenvalue weighted by Gasteiger charge is 2.68. The second kappa shape index (κ2) is 10.7. The van der Waals surface area contributed by atoms with Crippen molar-refractivity contribution in [2.45, 2.75) is 77.7 Å². The highest BCUT2D eigenvalue weighted by atomic mass is 16.5. The molecule has 5 heteroatoms. The molecule has 43 heavy (non-hydrogen) atoms. The van der Waals surface area contributed by atoms with E-state index in [9.17, 15) is 9.59 Å². The molecular weight excluding hydrogens is 534 g/mol. The van der Waals surface area contributed by atoms with Crippen LogP contribution in [0.4, 0.5) is 5.69 Å². The van der Waals surface area contributed by atoms with E-state index in [-0.39, 0.29) is 46.6 Å². The highest BCUT2D eigenvalue weighted by Crippen LogP contribution is 2.72. The van der Waals surface area contributed by atoms with Crippen LogP contribution in [0.25, 0.3) is 10.8 Å². The molecule has 2 bridgehead atoms. The van der Waals surface area contributed by atoms with Gasteiger partial charge in [0.25, 0.3) is 0 Å². The summed E-state index contributed by atoms with van der Waals surface area (Å²) in [5.41, 5.74) is 2.10. The average Bonchev–Trinajstić information content (AvgIpc) is 3.55. The van der Waals surface area contributed by atoms with Gasteiger partial charge in [-0.3, -0.25) is 9.59 Å². The van der Waals surface area contributed by atoms with Crippen molar-refractivity contribution in [2.24, 2.45) is 34.5 Å². The zero-order valence-electron chi connectivity index (χ0n) is 26.1. The van der Waals surface area contributed by atoms with Gasteiger partial charge in [-0.2, -0.15) is 0 Å². The third kappa shape index (κ3) is 4.40. The Bertz CT molecular complexity index is 1520. The van der Waals surface area contributed by atoms with Gasteiger partial charge < -0.3 is 14.4 Å². The van der Waals surface area contributed by atoms with Crippen LogP contribution in [-0.2, 0) is 14.3 Å². The minimum atomic E-state index is -0.756. The number of carbonyl (C=O) groups is 2. The van der Waals surface area contributed by atoms with Crippen LogP contribution < -0.4 is 9.64 Å². The molecule has 0 radical (unpaired) electrons. The van der Waals surface area contributed by atoms with Gasteiger partial charge in [0, 0.05) is 30.0 Å². The molecule has 0 N–H and O–H groups in total. The number of methoxy groups -OCH3 is 1. The predicted octanol–water partition coefficient (Wildman–Crippen LogP) is 8.16. The van der Waals surface area contributed by atoms with Crippen molar-refractivity contribution in [1.29, 1.82) is 0 Å². The summed E-state index contributed by atoms with van der Waals surface area (Å²) < 4.78 is 12.1. The van der Waals surface area contributed by atoms with Crippen LogP contribution in [0.15, 0.2) is 66.7 Å². The summed E-state index contributed by atoms with van der Waals surface area (Å²) >= 11 is 0. The predicted molar refractivity (Wildman–Crippen MR) is 170 cm³/mol. The van der Waals surface area contributed by atoms with Gasteiger partial charge in [-0.1, -0.05) is 95.3 Å². The van der Waals surface area contributed by atoms with Crippen molar-refractivity contribution >= 4 is 28.3 Å². The van der Waals surface area contributed by atoms with Crippen LogP contribution in [0.1, 0.15) is 77.2 Å². The van der Waals surface area contributed by atoms with Gasteiger partial charge in [-0.05, 0) is 70.2 Å². The fraction of sp³-hybridized carbons (Fsp3) is 0.526. The van der Waals surface area contributed by atoms with Crippen LogP contribution in [0.5, 0.6) is 5.75 Å². The Kier molecular flexibility index (Phi) is 7.06. The molecule has 3 aliphatic carbocycles. The van der Waals surface area contributed by atoms with E-state index in [2.05, 4.69) is 63.2 Å². The van der Waals surface area contributed by atoms with Crippen LogP contribution >= 0.6 is 0 Å². The van der Waals surface area contributed by atoms with E-state index in [4.69, 9.17) is 9.47 Å². The second-order valence-electron chi connectivity index (χ2n) is 14.4. The van der Waals surface area contributed by atoms with E-state index in [1.54, 1.807) is 7.11 Å². The number of amides is 1. The lowest BCUT2D eigenvalue weighted by atomic mass is 9.64. The Hall–Kier alpha value is -3.34. The number of benzene rings is 3. The van der Waals surface area contributed by atoms with Gasteiger partial charge in [0.05, 0.1) is 7.11 Å². The van der Waals surface area contributed by atoms with E-state index in [1.165, 1.54) is 35.6 Å². The summed E-state index contributed by atoms with van der Waals surface area (Å²) in [6.07, 6.45) is 7.64. The number of anilines is 1. The van der Waals surface area contributed by atoms with Crippen molar-refractivity contribution < 1.29 is 19.1 Å². The largest absolute Gasteiger partial charge is 0.497 e. The van der Waals surface area contributed by atoms with Gasteiger partial charge in [0.1, 0.15) is 17.8 Å². The number of esters is 1. The molecular formula is C38H45NO4. The fourth-order valence-corrected chi connectivity index (χ4v) is 9.70. The Balaban J connectivity index is 1.24. The molecule has 6 atom stereocenters. The molecule has 0 spiro atoms. The van der Waals surface area contributed by atoms with Crippen LogP contribution in [0.3, 0.4) is 0 Å². The topological polar surface area (TPSA) is 55.8 Å². The first-order valence-electron chi connectivity index (χ1n) is 16.4. The van der Waals surface area contributed by atoms with E-state index in [0.717, 1.165) is 37.1 Å². The molecule has 1 amide bonds. The van der Waals surface area contributed by atoms with Crippen molar-refractivity contribution in [1.82, 2.24) is 0 Å². The minimum Gasteiger partial charge on any atom is -0.497 e. The van der Waals surface area contributed by atoms with Gasteiger partial charge in [-0.25, -0.2) is 0 Å². The first-order chi connectivity index (χ1) is 20.7. The molecule has 226 valence electrons. The van der Waals surface area contributed by atoms with Gasteiger partial charge in [0.15, 0.2) is 0 Å². The molecule has 4 aliphatic rings. The van der Waals surface area contributed by atoms with Crippen LogP contribution in [-0.4, -0.2) is 31.6 Å². The van der Waals surface area contributed by atoms with E-state index < -0.39 is 5.92 Å². The summed E-state index contributed by atoms with van der Waals surface area (Å²) in [6.45, 7) is 7.71. The molecule has 1 aliphatic heterocycles. The summed E-state index contributed by atoms with van der Waals surface area (Å²) in [4.78, 5) is 30.5. The summed E-state index contributed by atoms with van der Waals surface area (Å²) in [6, 6.07) is 22.7. The number of rotatable bonds is 6. The standard InChI is InChI=1S/C38H45NO4/c1-37(2)31-21-22-38(37,3)33(29-16-10-14-24-13-8-9-15-28(24)29)34(31)43-36(41)32-30(25-11-6-5-7-12-25)23-39(35(32)40)26-17-19-27(42-4)20-18-26/h8-10,13-20,25,30-34H,5-7,11-12,21-23H2,1-4H3/t30-,31-,32?,33-,34-,38+/m1/s1. The molecule has 5 nitrogen and oxygen atoms in total. The lowest BCUT2D eigenvalue weighted by Gasteiger charge is -2.41. The van der Waals surface area contributed by atoms with E-state index >= 15 is 0 Å². The Morgan fingerprint density at radius 2 is 1.60 bits per heavy atom. The molecule has 3 saturated carbocycles. The number of fused-ring (bicyclic) bond motifs is 3. The number of nitrogens with zero attached hydrogens (tertiary/aromatic N) is 1. The first kappa shape index (κ1) is 28.4. The SMILES string of the molecule is COc1ccc(N2C[C@H](C3CCCCC3)C(C(=O)O[C@@H]3[C@H]4CC[C@@](C)([C@@H]3c3cccc5ccccc35)C4(C)C)C2=O)cc1. The third-order valence-electron chi connectivity index (χ3n) is 12.4. The quantitative estimate of drug-likeness (QED) is 0.218. The van der Waals surface area contributed by atoms with Crippen LogP contribution in [0, 0.1) is 34.5 Å². The molecule has 1 heterocycles. The normalized spacial score (nSPS) is 32.0. The van der Waals surface area contributed by atoms with Crippen LogP contribution in [0.2, 0.25) is 0 Å². The van der Waals surface area contributed by atoms with Gasteiger partial charge >= 0.3 is 5.97 Å². The van der Waals surface area contributed by atoms with Crippen molar-refractivity contribution in [2.75, 3.05) is 18.6 Å². The number of hydrogen-bond donors (Lipinski definition) is 0. The molecule has 0 aromatic heterocycles. The van der Waals surface area contributed by atoms with Gasteiger partial charge in [0.2, 0.25) is 5.91 Å². The monoisotopic (exact) mass is 579 g/mol. The maximum absolute atomic E-state index is 14.5. The maximum atomic E-state index is 14.5. The number of ether oxygens (including phenoxy) is 2. The summed E-state index contributed by atoms with van der Waals surface area (Å²) in [5, 5.41) is 2.45. The molecule has 1 saturated heterocycles. The zero-order valence-corrected chi connectivity index (χ0v) is 26.1. The van der Waals surface area contributed by atoms with Crippen molar-refractivity contribution in [3.63, 3.8) is 0 Å². The first-order valence-corrected chi connectivity index (χ1v) is 16.4.